The average Bonchev–Trinajstić information content (AvgIpc) is 2.56. The third kappa shape index (κ3) is 5.15. The van der Waals surface area contributed by atoms with Crippen molar-refractivity contribution in [1.29, 1.82) is 0 Å². The van der Waals surface area contributed by atoms with Crippen molar-refractivity contribution < 1.29 is 9.90 Å². The summed E-state index contributed by atoms with van der Waals surface area (Å²) < 4.78 is 0. The molecule has 1 aromatic carbocycles. The van der Waals surface area contributed by atoms with Crippen LogP contribution in [0.25, 0.3) is 0 Å². The van der Waals surface area contributed by atoms with Crippen molar-refractivity contribution in [3.05, 3.63) is 48.6 Å². The quantitative estimate of drug-likeness (QED) is 0.555. The van der Waals surface area contributed by atoms with Crippen molar-refractivity contribution in [3.8, 4) is 0 Å². The molecule has 4 heteroatoms. The highest BCUT2D eigenvalue weighted by Crippen LogP contribution is 2.23. The normalized spacial score (nSPS) is 14.9. The number of allylic oxidation sites excluding steroid dienone is 1. The van der Waals surface area contributed by atoms with Crippen LogP contribution in [0.4, 0.5) is 0 Å². The molecule has 0 saturated heterocycles. The molecule has 0 bridgehead atoms. The number of halogens is 1. The van der Waals surface area contributed by atoms with E-state index in [1.54, 1.807) is 18.0 Å². The van der Waals surface area contributed by atoms with Crippen LogP contribution in [0.3, 0.4) is 0 Å². The van der Waals surface area contributed by atoms with Crippen LogP contribution in [0.2, 0.25) is 0 Å². The van der Waals surface area contributed by atoms with Gasteiger partial charge in [0.2, 0.25) is 5.91 Å². The molecule has 0 fully saturated rings. The van der Waals surface area contributed by atoms with Crippen molar-refractivity contribution in [2.45, 2.75) is 38.3 Å². The number of alkyl halides is 1. The number of hydrogen-bond acceptors (Lipinski definition) is 2. The maximum absolute atomic E-state index is 12.6. The number of amides is 1. The number of benzene rings is 1. The van der Waals surface area contributed by atoms with Crippen LogP contribution < -0.4 is 0 Å². The van der Waals surface area contributed by atoms with Gasteiger partial charge in [0.05, 0.1) is 12.1 Å². The van der Waals surface area contributed by atoms with Gasteiger partial charge < -0.3 is 10.0 Å². The fourth-order valence-electron chi connectivity index (χ4n) is 2.50. The van der Waals surface area contributed by atoms with Gasteiger partial charge in [-0.1, -0.05) is 36.4 Å². The molecule has 0 aliphatic rings. The second-order valence-corrected chi connectivity index (χ2v) is 5.98. The Labute approximate surface area is 138 Å². The van der Waals surface area contributed by atoms with Crippen molar-refractivity contribution in [2.24, 2.45) is 5.92 Å². The molecule has 1 rings (SSSR count). The minimum Gasteiger partial charge on any atom is -0.386 e. The fourth-order valence-corrected chi connectivity index (χ4v) is 2.65. The van der Waals surface area contributed by atoms with E-state index in [-0.39, 0.29) is 17.9 Å². The maximum Gasteiger partial charge on any atom is 0.226 e. The first-order valence-corrected chi connectivity index (χ1v) is 8.22. The highest BCUT2D eigenvalue weighted by molar-refractivity contribution is 6.17. The minimum atomic E-state index is -0.701. The Morgan fingerprint density at radius 1 is 1.41 bits per heavy atom. The number of hydrogen-bond donors (Lipinski definition) is 1. The van der Waals surface area contributed by atoms with E-state index in [0.29, 0.717) is 12.3 Å². The predicted molar refractivity (Wildman–Crippen MR) is 91.9 cm³/mol. The summed E-state index contributed by atoms with van der Waals surface area (Å²) in [7, 11) is 1.75. The largest absolute Gasteiger partial charge is 0.386 e. The summed E-state index contributed by atoms with van der Waals surface area (Å²) in [6.07, 6.45) is 3.24. The number of nitrogens with zero attached hydrogens (tertiary/aromatic N) is 1. The zero-order valence-corrected chi connectivity index (χ0v) is 14.2. The van der Waals surface area contributed by atoms with Gasteiger partial charge in [-0.05, 0) is 31.7 Å². The molecule has 0 aromatic heterocycles. The maximum atomic E-state index is 12.6. The molecule has 0 spiro atoms. The first-order valence-electron chi connectivity index (χ1n) is 7.69. The van der Waals surface area contributed by atoms with Crippen LogP contribution in [0.1, 0.15) is 37.9 Å². The van der Waals surface area contributed by atoms with E-state index in [1.807, 2.05) is 37.3 Å². The summed E-state index contributed by atoms with van der Waals surface area (Å²) in [6.45, 7) is 5.59. The summed E-state index contributed by atoms with van der Waals surface area (Å²) in [4.78, 5) is 14.3. The molecule has 0 aliphatic carbocycles. The lowest BCUT2D eigenvalue weighted by Gasteiger charge is -2.32. The van der Waals surface area contributed by atoms with Crippen LogP contribution in [-0.4, -0.2) is 34.9 Å². The van der Waals surface area contributed by atoms with Crippen molar-refractivity contribution >= 4 is 17.5 Å². The molecule has 0 saturated carbocycles. The first kappa shape index (κ1) is 18.7. The van der Waals surface area contributed by atoms with E-state index in [9.17, 15) is 9.90 Å². The van der Waals surface area contributed by atoms with Crippen LogP contribution in [0, 0.1) is 5.92 Å². The molecule has 122 valence electrons. The second-order valence-electron chi connectivity index (χ2n) is 5.60. The second kappa shape index (κ2) is 9.65. The number of carbonyl (C=O) groups excluding carboxylic acids is 1. The molecule has 1 amide bonds. The lowest BCUT2D eigenvalue weighted by atomic mass is 9.96. The van der Waals surface area contributed by atoms with Crippen molar-refractivity contribution in [2.75, 3.05) is 12.9 Å². The third-order valence-electron chi connectivity index (χ3n) is 4.04. The highest BCUT2D eigenvalue weighted by Gasteiger charge is 2.28. The van der Waals surface area contributed by atoms with Gasteiger partial charge in [-0.2, -0.15) is 0 Å². The topological polar surface area (TPSA) is 40.5 Å². The standard InChI is InChI=1S/C18H26ClNO2/c1-4-9-16(12-8-13-19)18(22)20(3)14(2)17(21)15-10-6-5-7-11-15/h4-7,10-11,14,16-17,21H,1,8-9,12-13H2,2-3H3/t14-,16?,17+/m0/s1. The van der Waals surface area contributed by atoms with E-state index < -0.39 is 6.10 Å². The highest BCUT2D eigenvalue weighted by atomic mass is 35.5. The average molecular weight is 324 g/mol. The third-order valence-corrected chi connectivity index (χ3v) is 4.31. The number of carbonyl (C=O) groups is 1. The summed E-state index contributed by atoms with van der Waals surface area (Å²) in [5.74, 6) is 0.464. The summed E-state index contributed by atoms with van der Waals surface area (Å²) >= 11 is 5.73. The molecular formula is C18H26ClNO2. The van der Waals surface area contributed by atoms with Gasteiger partial charge in [0.15, 0.2) is 0 Å². The lowest BCUT2D eigenvalue weighted by molar-refractivity contribution is -0.138. The van der Waals surface area contributed by atoms with Crippen LogP contribution >= 0.6 is 11.6 Å². The molecule has 1 unspecified atom stereocenters. The monoisotopic (exact) mass is 323 g/mol. The number of rotatable bonds is 9. The van der Waals surface area contributed by atoms with Gasteiger partial charge in [-0.3, -0.25) is 4.79 Å². The molecule has 1 aromatic rings. The Balaban J connectivity index is 2.76. The molecular weight excluding hydrogens is 298 g/mol. The Hall–Kier alpha value is -1.32. The summed E-state index contributed by atoms with van der Waals surface area (Å²) in [5.41, 5.74) is 0.815. The molecule has 22 heavy (non-hydrogen) atoms. The molecule has 1 N–H and O–H groups in total. The van der Waals surface area contributed by atoms with E-state index in [2.05, 4.69) is 6.58 Å². The van der Waals surface area contributed by atoms with Gasteiger partial charge in [0.1, 0.15) is 0 Å². The van der Waals surface area contributed by atoms with Gasteiger partial charge in [-0.15, -0.1) is 18.2 Å². The summed E-state index contributed by atoms with van der Waals surface area (Å²) in [6, 6.07) is 9.12. The number of aliphatic hydroxyl groups excluding tert-OH is 1. The Morgan fingerprint density at radius 3 is 2.59 bits per heavy atom. The SMILES string of the molecule is C=CCC(CCCCl)C(=O)N(C)[C@@H](C)[C@@H](O)c1ccccc1. The molecule has 0 heterocycles. The van der Waals surface area contributed by atoms with Gasteiger partial charge in [-0.25, -0.2) is 0 Å². The van der Waals surface area contributed by atoms with Crippen LogP contribution in [-0.2, 0) is 4.79 Å². The number of aliphatic hydroxyl groups is 1. The number of likely N-dealkylation sites (N-methyl/N-ethyl adjacent to an activating group) is 1. The molecule has 0 radical (unpaired) electrons. The van der Waals surface area contributed by atoms with Crippen molar-refractivity contribution in [1.82, 2.24) is 4.90 Å². The fraction of sp³-hybridized carbons (Fsp3) is 0.500. The Morgan fingerprint density at radius 2 is 2.05 bits per heavy atom. The first-order chi connectivity index (χ1) is 10.5. The van der Waals surface area contributed by atoms with Crippen molar-refractivity contribution in [3.63, 3.8) is 0 Å². The zero-order chi connectivity index (χ0) is 16.5. The van der Waals surface area contributed by atoms with Gasteiger partial charge in [0, 0.05) is 18.8 Å². The predicted octanol–water partition coefficient (Wildman–Crippen LogP) is 3.78. The Bertz CT molecular complexity index is 463. The van der Waals surface area contributed by atoms with E-state index in [1.165, 1.54) is 0 Å². The molecule has 3 nitrogen and oxygen atoms in total. The van der Waals surface area contributed by atoms with E-state index in [0.717, 1.165) is 18.4 Å². The smallest absolute Gasteiger partial charge is 0.226 e. The zero-order valence-electron chi connectivity index (χ0n) is 13.4. The lowest BCUT2D eigenvalue weighted by Crippen LogP contribution is -2.42. The van der Waals surface area contributed by atoms with E-state index in [4.69, 9.17) is 11.6 Å². The Kier molecular flexibility index (Phi) is 8.21. The minimum absolute atomic E-state index is 0.0347. The van der Waals surface area contributed by atoms with E-state index >= 15 is 0 Å². The van der Waals surface area contributed by atoms with Crippen LogP contribution in [0.15, 0.2) is 43.0 Å². The molecule has 3 atom stereocenters. The van der Waals surface area contributed by atoms with Crippen LogP contribution in [0.5, 0.6) is 0 Å². The van der Waals surface area contributed by atoms with Gasteiger partial charge in [0.25, 0.3) is 0 Å². The van der Waals surface area contributed by atoms with Gasteiger partial charge >= 0.3 is 0 Å². The summed E-state index contributed by atoms with van der Waals surface area (Å²) in [5, 5.41) is 10.5. The molecule has 0 aliphatic heterocycles.